The molecule has 0 atom stereocenters. The molecule has 0 unspecified atom stereocenters. The Balaban J connectivity index is -0.000000480. The molecule has 15 heavy (non-hydrogen) atoms. The summed E-state index contributed by atoms with van der Waals surface area (Å²) < 4.78 is 0. The Morgan fingerprint density at radius 2 is 0.467 bits per heavy atom. The van der Waals surface area contributed by atoms with Crippen LogP contribution in [0.15, 0.2) is 0 Å². The average Bonchev–Trinajstić information content (AvgIpc) is 2.08. The van der Waals surface area contributed by atoms with E-state index in [9.17, 15) is 0 Å². The van der Waals surface area contributed by atoms with Crippen molar-refractivity contribution in [2.75, 3.05) is 0 Å². The van der Waals surface area contributed by atoms with Crippen LogP contribution in [0.5, 0.6) is 0 Å². The number of rotatable bonds is 0. The monoisotopic (exact) mass is 608 g/mol. The van der Waals surface area contributed by atoms with E-state index in [4.69, 9.17) is 0 Å². The summed E-state index contributed by atoms with van der Waals surface area (Å²) in [7, 11) is 0. The molecule has 0 aliphatic carbocycles. The van der Waals surface area contributed by atoms with E-state index in [0.29, 0.717) is 0 Å². The van der Waals surface area contributed by atoms with Gasteiger partial charge < -0.3 is 48.0 Å². The van der Waals surface area contributed by atoms with Gasteiger partial charge in [-0.25, -0.2) is 0 Å². The van der Waals surface area contributed by atoms with Gasteiger partial charge in [0.1, 0.15) is 0 Å². The number of hydrogen-bond acceptors (Lipinski definition) is 0. The molecule has 0 heterocycles. The van der Waals surface area contributed by atoms with Crippen molar-refractivity contribution in [1.29, 1.82) is 0 Å². The SMILES string of the molecule is Cc1c(C)c(C)c(C)c(C)c1C.[I-].[I-].[Os+2]. The summed E-state index contributed by atoms with van der Waals surface area (Å²) >= 11 is 0. The molecular weight excluding hydrogens is 588 g/mol. The maximum atomic E-state index is 2.21. The first-order valence-electron chi connectivity index (χ1n) is 4.50. The third-order valence-corrected chi connectivity index (χ3v) is 3.38. The topological polar surface area (TPSA) is 0 Å². The fourth-order valence-electron chi connectivity index (χ4n) is 1.69. The Morgan fingerprint density at radius 1 is 0.400 bits per heavy atom. The maximum Gasteiger partial charge on any atom is 2.00 e. The molecule has 0 aromatic heterocycles. The number of benzene rings is 1. The summed E-state index contributed by atoms with van der Waals surface area (Å²) in [5.41, 5.74) is 8.73. The van der Waals surface area contributed by atoms with Gasteiger partial charge in [-0.3, -0.25) is 0 Å². The van der Waals surface area contributed by atoms with Crippen LogP contribution >= 0.6 is 0 Å². The Kier molecular flexibility index (Phi) is 12.1. The van der Waals surface area contributed by atoms with Gasteiger partial charge >= 0.3 is 19.8 Å². The molecule has 1 rings (SSSR count). The molecular formula is C12H18I2Os. The molecule has 1 aromatic carbocycles. The van der Waals surface area contributed by atoms with Crippen molar-refractivity contribution < 1.29 is 67.7 Å². The van der Waals surface area contributed by atoms with Crippen molar-refractivity contribution in [2.24, 2.45) is 0 Å². The summed E-state index contributed by atoms with van der Waals surface area (Å²) in [4.78, 5) is 0. The molecule has 0 saturated heterocycles. The van der Waals surface area contributed by atoms with Gasteiger partial charge in [-0.1, -0.05) is 0 Å². The summed E-state index contributed by atoms with van der Waals surface area (Å²) in [5, 5.41) is 0. The fourth-order valence-corrected chi connectivity index (χ4v) is 1.69. The van der Waals surface area contributed by atoms with E-state index in [0.717, 1.165) is 0 Å². The van der Waals surface area contributed by atoms with Gasteiger partial charge in [0.2, 0.25) is 0 Å². The molecule has 0 radical (unpaired) electrons. The van der Waals surface area contributed by atoms with Crippen molar-refractivity contribution in [3.63, 3.8) is 0 Å². The first-order valence-corrected chi connectivity index (χ1v) is 4.50. The van der Waals surface area contributed by atoms with Crippen molar-refractivity contribution >= 4 is 0 Å². The predicted molar refractivity (Wildman–Crippen MR) is 54.9 cm³/mol. The van der Waals surface area contributed by atoms with Gasteiger partial charge in [0, 0.05) is 0 Å². The van der Waals surface area contributed by atoms with E-state index in [1.165, 1.54) is 33.4 Å². The maximum absolute atomic E-state index is 2.21. The second kappa shape index (κ2) is 8.41. The molecule has 0 fully saturated rings. The number of halogens is 2. The van der Waals surface area contributed by atoms with Crippen molar-refractivity contribution in [3.05, 3.63) is 33.4 Å². The van der Waals surface area contributed by atoms with Crippen molar-refractivity contribution in [3.8, 4) is 0 Å². The number of hydrogen-bond donors (Lipinski definition) is 0. The van der Waals surface area contributed by atoms with Gasteiger partial charge in [0.25, 0.3) is 0 Å². The first kappa shape index (κ1) is 21.6. The molecule has 1 aromatic rings. The molecule has 3 heteroatoms. The van der Waals surface area contributed by atoms with Crippen LogP contribution < -0.4 is 48.0 Å². The van der Waals surface area contributed by atoms with Crippen LogP contribution in [0, 0.1) is 41.5 Å². The second-order valence-electron chi connectivity index (χ2n) is 3.75. The van der Waals surface area contributed by atoms with Crippen LogP contribution in [-0.4, -0.2) is 0 Å². The third-order valence-electron chi connectivity index (χ3n) is 3.38. The zero-order chi connectivity index (χ0) is 9.46. The van der Waals surface area contributed by atoms with Gasteiger partial charge in [0.05, 0.1) is 0 Å². The Hall–Kier alpha value is 1.32. The Labute approximate surface area is 141 Å². The molecule has 0 aliphatic heterocycles. The van der Waals surface area contributed by atoms with Crippen molar-refractivity contribution in [1.82, 2.24) is 0 Å². The molecule has 0 bridgehead atoms. The second-order valence-corrected chi connectivity index (χ2v) is 3.75. The first-order chi connectivity index (χ1) is 5.46. The van der Waals surface area contributed by atoms with E-state index in [2.05, 4.69) is 41.5 Å². The smallest absolute Gasteiger partial charge is 1.00 e. The summed E-state index contributed by atoms with van der Waals surface area (Å²) in [6, 6.07) is 0. The standard InChI is InChI=1S/C12H18.2HI.Os/c1-7-8(2)10(4)12(6)11(5)9(7)3;;;/h1-6H3;2*1H;/q;;;+2/p-2. The van der Waals surface area contributed by atoms with E-state index < -0.39 is 0 Å². The van der Waals surface area contributed by atoms with E-state index in [1.54, 1.807) is 0 Å². The van der Waals surface area contributed by atoms with Crippen LogP contribution in [-0.2, 0) is 19.8 Å². The van der Waals surface area contributed by atoms with Crippen molar-refractivity contribution in [2.45, 2.75) is 41.5 Å². The zero-order valence-electron chi connectivity index (χ0n) is 10.1. The molecule has 0 spiro atoms. The molecule has 88 valence electrons. The van der Waals surface area contributed by atoms with E-state index in [1.807, 2.05) is 0 Å². The molecule has 0 aliphatic rings. The van der Waals surface area contributed by atoms with Gasteiger partial charge in [0.15, 0.2) is 0 Å². The molecule has 0 saturated carbocycles. The normalized spacial score (nSPS) is 8.40. The van der Waals surface area contributed by atoms with Crippen LogP contribution in [0.4, 0.5) is 0 Å². The minimum atomic E-state index is 0. The minimum absolute atomic E-state index is 0. The minimum Gasteiger partial charge on any atom is -1.00 e. The fraction of sp³-hybridized carbons (Fsp3) is 0.500. The summed E-state index contributed by atoms with van der Waals surface area (Å²) in [6.07, 6.45) is 0. The van der Waals surface area contributed by atoms with Crippen LogP contribution in [0.2, 0.25) is 0 Å². The summed E-state index contributed by atoms with van der Waals surface area (Å²) in [5.74, 6) is 0. The Bertz CT molecular complexity index is 228. The van der Waals surface area contributed by atoms with Gasteiger partial charge in [-0.05, 0) is 74.9 Å². The van der Waals surface area contributed by atoms with E-state index in [-0.39, 0.29) is 67.7 Å². The third kappa shape index (κ3) is 4.24. The predicted octanol–water partition coefficient (Wildman–Crippen LogP) is -2.46. The van der Waals surface area contributed by atoms with Crippen LogP contribution in [0.1, 0.15) is 33.4 Å². The van der Waals surface area contributed by atoms with Crippen LogP contribution in [0.3, 0.4) is 0 Å². The Morgan fingerprint density at radius 3 is 0.533 bits per heavy atom. The quantitative estimate of drug-likeness (QED) is 0.288. The van der Waals surface area contributed by atoms with E-state index >= 15 is 0 Å². The summed E-state index contributed by atoms with van der Waals surface area (Å²) in [6.45, 7) is 13.3. The van der Waals surface area contributed by atoms with Gasteiger partial charge in [-0.15, -0.1) is 0 Å². The molecule has 0 nitrogen and oxygen atoms in total. The average molecular weight is 606 g/mol. The largest absolute Gasteiger partial charge is 2.00 e. The molecule has 0 N–H and O–H groups in total. The molecule has 0 amide bonds. The zero-order valence-corrected chi connectivity index (χ0v) is 17.0. The van der Waals surface area contributed by atoms with Gasteiger partial charge in [-0.2, -0.15) is 0 Å². The van der Waals surface area contributed by atoms with Crippen LogP contribution in [0.25, 0.3) is 0 Å².